The van der Waals surface area contributed by atoms with Gasteiger partial charge in [0, 0.05) is 19.2 Å². The third-order valence-corrected chi connectivity index (χ3v) is 1.44. The Kier molecular flexibility index (Phi) is 2.54. The molecule has 0 bridgehead atoms. The predicted octanol–water partition coefficient (Wildman–Crippen LogP) is 0.388. The number of hydrogen-bond acceptors (Lipinski definition) is 3. The van der Waals surface area contributed by atoms with Gasteiger partial charge in [-0.15, -0.1) is 5.10 Å². The van der Waals surface area contributed by atoms with Crippen molar-refractivity contribution in [2.24, 2.45) is 0 Å². The van der Waals surface area contributed by atoms with Crippen molar-refractivity contribution in [1.29, 1.82) is 0 Å². The van der Waals surface area contributed by atoms with Crippen LogP contribution in [0.1, 0.15) is 6.42 Å². The van der Waals surface area contributed by atoms with Gasteiger partial charge in [-0.3, -0.25) is 4.68 Å². The van der Waals surface area contributed by atoms with Crippen LogP contribution in [0.4, 0.5) is 8.78 Å². The SMILES string of the molecule is O=C(O)C(F)(F)CCn1ccnn1. The maximum atomic E-state index is 12.5. The number of aliphatic carboxylic acids is 1. The van der Waals surface area contributed by atoms with Gasteiger partial charge in [0.1, 0.15) is 0 Å². The number of aromatic nitrogens is 3. The highest BCUT2D eigenvalue weighted by Crippen LogP contribution is 2.18. The van der Waals surface area contributed by atoms with Crippen LogP contribution in [0.25, 0.3) is 0 Å². The Morgan fingerprint density at radius 1 is 1.62 bits per heavy atom. The fourth-order valence-electron chi connectivity index (χ4n) is 0.714. The minimum absolute atomic E-state index is 0.167. The average Bonchev–Trinajstić information content (AvgIpc) is 2.52. The lowest BCUT2D eigenvalue weighted by atomic mass is 10.2. The molecular weight excluding hydrogens is 184 g/mol. The van der Waals surface area contributed by atoms with Gasteiger partial charge in [0.05, 0.1) is 6.20 Å². The molecule has 0 aliphatic heterocycles. The van der Waals surface area contributed by atoms with Crippen LogP contribution in [-0.4, -0.2) is 32.0 Å². The summed E-state index contributed by atoms with van der Waals surface area (Å²) in [6.07, 6.45) is 1.93. The maximum Gasteiger partial charge on any atom is 0.374 e. The van der Waals surface area contributed by atoms with Gasteiger partial charge >= 0.3 is 11.9 Å². The van der Waals surface area contributed by atoms with Crippen molar-refractivity contribution < 1.29 is 18.7 Å². The summed E-state index contributed by atoms with van der Waals surface area (Å²) in [7, 11) is 0. The molecule has 1 rings (SSSR count). The second-order valence-electron chi connectivity index (χ2n) is 2.43. The summed E-state index contributed by atoms with van der Waals surface area (Å²) < 4.78 is 26.1. The number of alkyl halides is 2. The first-order valence-corrected chi connectivity index (χ1v) is 3.48. The Balaban J connectivity index is 2.47. The zero-order chi connectivity index (χ0) is 9.90. The lowest BCUT2D eigenvalue weighted by Gasteiger charge is -2.09. The van der Waals surface area contributed by atoms with Crippen LogP contribution in [0.3, 0.4) is 0 Å². The smallest absolute Gasteiger partial charge is 0.374 e. The monoisotopic (exact) mass is 191 g/mol. The molecule has 0 amide bonds. The Hall–Kier alpha value is -1.53. The number of carboxylic acids is 1. The van der Waals surface area contributed by atoms with Gasteiger partial charge in [0.25, 0.3) is 0 Å². The summed E-state index contributed by atoms with van der Waals surface area (Å²) in [6.45, 7) is -0.167. The number of nitrogens with zero attached hydrogens (tertiary/aromatic N) is 3. The van der Waals surface area contributed by atoms with Crippen molar-refractivity contribution >= 4 is 5.97 Å². The van der Waals surface area contributed by atoms with Crippen molar-refractivity contribution in [1.82, 2.24) is 15.0 Å². The lowest BCUT2D eigenvalue weighted by molar-refractivity contribution is -0.166. The van der Waals surface area contributed by atoms with Crippen molar-refractivity contribution in [3.63, 3.8) is 0 Å². The van der Waals surface area contributed by atoms with E-state index in [-0.39, 0.29) is 6.54 Å². The van der Waals surface area contributed by atoms with Crippen LogP contribution in [-0.2, 0) is 11.3 Å². The van der Waals surface area contributed by atoms with Gasteiger partial charge in [0.15, 0.2) is 0 Å². The highest BCUT2D eigenvalue weighted by Gasteiger charge is 2.38. The van der Waals surface area contributed by atoms with E-state index in [1.807, 2.05) is 0 Å². The second kappa shape index (κ2) is 3.46. The summed E-state index contributed by atoms with van der Waals surface area (Å²) in [4.78, 5) is 9.99. The zero-order valence-corrected chi connectivity index (χ0v) is 6.52. The molecule has 0 aliphatic rings. The number of carbonyl (C=O) groups is 1. The van der Waals surface area contributed by atoms with Crippen LogP contribution in [0.2, 0.25) is 0 Å². The minimum Gasteiger partial charge on any atom is -0.477 e. The Labute approximate surface area is 72.0 Å². The van der Waals surface area contributed by atoms with Crippen LogP contribution in [0.15, 0.2) is 12.4 Å². The molecule has 0 radical (unpaired) electrons. The first kappa shape index (κ1) is 9.56. The third kappa shape index (κ3) is 2.46. The highest BCUT2D eigenvalue weighted by atomic mass is 19.3. The first-order chi connectivity index (χ1) is 6.02. The molecule has 72 valence electrons. The summed E-state index contributed by atoms with van der Waals surface area (Å²) in [5.41, 5.74) is 0. The molecule has 0 aromatic carbocycles. The van der Waals surface area contributed by atoms with Crippen molar-refractivity contribution in [2.75, 3.05) is 0 Å². The van der Waals surface area contributed by atoms with Crippen molar-refractivity contribution in [3.8, 4) is 0 Å². The summed E-state index contributed by atoms with van der Waals surface area (Å²) in [6, 6.07) is 0. The highest BCUT2D eigenvalue weighted by molar-refractivity contribution is 5.75. The van der Waals surface area contributed by atoms with Gasteiger partial charge in [-0.2, -0.15) is 8.78 Å². The fourth-order valence-corrected chi connectivity index (χ4v) is 0.714. The lowest BCUT2D eigenvalue weighted by Crippen LogP contribution is -2.29. The normalized spacial score (nSPS) is 11.5. The number of rotatable bonds is 4. The molecule has 0 aliphatic carbocycles. The molecule has 0 saturated carbocycles. The molecule has 5 nitrogen and oxygen atoms in total. The minimum atomic E-state index is -3.70. The summed E-state index contributed by atoms with van der Waals surface area (Å²) in [5, 5.41) is 14.9. The summed E-state index contributed by atoms with van der Waals surface area (Å²) in [5.74, 6) is -5.82. The van der Waals surface area contributed by atoms with Gasteiger partial charge in [-0.05, 0) is 0 Å². The van der Waals surface area contributed by atoms with Crippen molar-refractivity contribution in [2.45, 2.75) is 18.9 Å². The summed E-state index contributed by atoms with van der Waals surface area (Å²) >= 11 is 0. The fraction of sp³-hybridized carbons (Fsp3) is 0.500. The molecule has 1 N–H and O–H groups in total. The van der Waals surface area contributed by atoms with E-state index in [1.165, 1.54) is 12.4 Å². The molecule has 7 heteroatoms. The molecule has 0 unspecified atom stereocenters. The molecule has 1 aromatic heterocycles. The van der Waals surface area contributed by atoms with Gasteiger partial charge in [-0.25, -0.2) is 4.79 Å². The van der Waals surface area contributed by atoms with E-state index in [9.17, 15) is 13.6 Å². The van der Waals surface area contributed by atoms with Crippen LogP contribution >= 0.6 is 0 Å². The first-order valence-electron chi connectivity index (χ1n) is 3.48. The zero-order valence-electron chi connectivity index (χ0n) is 6.52. The second-order valence-corrected chi connectivity index (χ2v) is 2.43. The van der Waals surface area contributed by atoms with E-state index in [1.54, 1.807) is 0 Å². The quantitative estimate of drug-likeness (QED) is 0.747. The molecule has 0 atom stereocenters. The van der Waals surface area contributed by atoms with E-state index in [4.69, 9.17) is 5.11 Å². The van der Waals surface area contributed by atoms with E-state index < -0.39 is 18.3 Å². The van der Waals surface area contributed by atoms with Crippen molar-refractivity contribution in [3.05, 3.63) is 12.4 Å². The van der Waals surface area contributed by atoms with Crippen LogP contribution in [0.5, 0.6) is 0 Å². The van der Waals surface area contributed by atoms with Crippen LogP contribution < -0.4 is 0 Å². The van der Waals surface area contributed by atoms with Crippen LogP contribution in [0, 0.1) is 0 Å². The molecule has 13 heavy (non-hydrogen) atoms. The number of aryl methyl sites for hydroxylation is 1. The van der Waals surface area contributed by atoms with E-state index in [2.05, 4.69) is 10.3 Å². The van der Waals surface area contributed by atoms with E-state index in [0.717, 1.165) is 4.68 Å². The molecular formula is C6H7F2N3O2. The number of halogens is 2. The topological polar surface area (TPSA) is 68.0 Å². The number of carboxylic acid groups (broad SMARTS) is 1. The predicted molar refractivity (Wildman–Crippen MR) is 37.2 cm³/mol. The molecule has 1 aromatic rings. The Morgan fingerprint density at radius 3 is 2.77 bits per heavy atom. The van der Waals surface area contributed by atoms with Gasteiger partial charge in [-0.1, -0.05) is 5.21 Å². The number of hydrogen-bond donors (Lipinski definition) is 1. The van der Waals surface area contributed by atoms with E-state index in [0.29, 0.717) is 0 Å². The Morgan fingerprint density at radius 2 is 2.31 bits per heavy atom. The molecule has 0 fully saturated rings. The maximum absolute atomic E-state index is 12.5. The molecule has 0 spiro atoms. The molecule has 0 saturated heterocycles. The standard InChI is InChI=1S/C6H7F2N3O2/c7-6(8,5(12)13)1-3-11-4-2-9-10-11/h2,4H,1,3H2,(H,12,13). The average molecular weight is 191 g/mol. The largest absolute Gasteiger partial charge is 0.477 e. The third-order valence-electron chi connectivity index (χ3n) is 1.44. The Bertz CT molecular complexity index is 286. The van der Waals surface area contributed by atoms with Gasteiger partial charge < -0.3 is 5.11 Å². The van der Waals surface area contributed by atoms with Gasteiger partial charge in [0.2, 0.25) is 0 Å². The van der Waals surface area contributed by atoms with E-state index >= 15 is 0 Å². The molecule has 1 heterocycles.